The molecule has 102 valence electrons. The smallest absolute Gasteiger partial charge is 0.234 e. The SMILES string of the molecule is C1CC(Cc2nn3c(C4CCOC4)nnc3s2)CN1. The topological polar surface area (TPSA) is 64.3 Å². The largest absolute Gasteiger partial charge is 0.381 e. The Kier molecular flexibility index (Phi) is 2.97. The van der Waals surface area contributed by atoms with Crippen LogP contribution in [0.4, 0.5) is 0 Å². The fourth-order valence-electron chi connectivity index (χ4n) is 2.88. The van der Waals surface area contributed by atoms with Gasteiger partial charge in [0.15, 0.2) is 5.82 Å². The van der Waals surface area contributed by atoms with E-state index in [1.165, 1.54) is 11.4 Å². The van der Waals surface area contributed by atoms with Crippen LogP contribution in [0.5, 0.6) is 0 Å². The molecule has 0 saturated carbocycles. The predicted molar refractivity (Wildman–Crippen MR) is 71.5 cm³/mol. The first-order valence-corrected chi connectivity index (χ1v) is 7.71. The van der Waals surface area contributed by atoms with Crippen LogP contribution < -0.4 is 5.32 Å². The lowest BCUT2D eigenvalue weighted by Gasteiger charge is -2.04. The molecule has 0 bridgehead atoms. The molecule has 1 N–H and O–H groups in total. The second-order valence-electron chi connectivity index (χ2n) is 5.37. The normalized spacial score (nSPS) is 27.6. The third-order valence-corrected chi connectivity index (χ3v) is 4.90. The lowest BCUT2D eigenvalue weighted by atomic mass is 10.1. The third kappa shape index (κ3) is 2.15. The summed E-state index contributed by atoms with van der Waals surface area (Å²) < 4.78 is 7.36. The van der Waals surface area contributed by atoms with Crippen LogP contribution in [-0.4, -0.2) is 46.1 Å². The van der Waals surface area contributed by atoms with Crippen molar-refractivity contribution < 1.29 is 4.74 Å². The zero-order chi connectivity index (χ0) is 12.7. The fraction of sp³-hybridized carbons (Fsp3) is 0.750. The summed E-state index contributed by atoms with van der Waals surface area (Å²) in [6.07, 6.45) is 3.34. The second kappa shape index (κ2) is 4.81. The molecule has 2 fully saturated rings. The Morgan fingerprint density at radius 3 is 3.16 bits per heavy atom. The highest BCUT2D eigenvalue weighted by Gasteiger charge is 2.25. The highest BCUT2D eigenvalue weighted by molar-refractivity contribution is 7.16. The number of hydrogen-bond acceptors (Lipinski definition) is 6. The van der Waals surface area contributed by atoms with Crippen molar-refractivity contribution >= 4 is 16.3 Å². The molecule has 2 aromatic heterocycles. The molecule has 6 nitrogen and oxygen atoms in total. The van der Waals surface area contributed by atoms with E-state index < -0.39 is 0 Å². The van der Waals surface area contributed by atoms with Gasteiger partial charge in [-0.25, -0.2) is 0 Å². The number of nitrogens with zero attached hydrogens (tertiary/aromatic N) is 4. The standard InChI is InChI=1S/C12H17N5OS/c1-3-13-6-8(1)5-10-16-17-11(9-2-4-18-7-9)14-15-12(17)19-10/h8-9,13H,1-7H2. The molecule has 4 rings (SSSR count). The maximum absolute atomic E-state index is 5.43. The highest BCUT2D eigenvalue weighted by Crippen LogP contribution is 2.26. The maximum Gasteiger partial charge on any atom is 0.234 e. The second-order valence-corrected chi connectivity index (χ2v) is 6.41. The molecule has 0 radical (unpaired) electrons. The molecule has 2 saturated heterocycles. The molecule has 0 amide bonds. The van der Waals surface area contributed by atoms with Crippen LogP contribution in [-0.2, 0) is 11.2 Å². The molecule has 0 aromatic carbocycles. The van der Waals surface area contributed by atoms with Crippen molar-refractivity contribution in [3.63, 3.8) is 0 Å². The molecule has 2 unspecified atom stereocenters. The molecule has 19 heavy (non-hydrogen) atoms. The Morgan fingerprint density at radius 2 is 2.37 bits per heavy atom. The summed E-state index contributed by atoms with van der Waals surface area (Å²) in [5, 5.41) is 17.8. The summed E-state index contributed by atoms with van der Waals surface area (Å²) in [4.78, 5) is 0.919. The Labute approximate surface area is 115 Å². The zero-order valence-electron chi connectivity index (χ0n) is 10.7. The quantitative estimate of drug-likeness (QED) is 0.902. The number of rotatable bonds is 3. The van der Waals surface area contributed by atoms with Crippen LogP contribution in [0.15, 0.2) is 0 Å². The lowest BCUT2D eigenvalue weighted by Crippen LogP contribution is -2.11. The first-order valence-electron chi connectivity index (χ1n) is 6.89. The van der Waals surface area contributed by atoms with E-state index in [1.807, 2.05) is 4.52 Å². The van der Waals surface area contributed by atoms with Crippen molar-refractivity contribution in [1.82, 2.24) is 25.1 Å². The molecule has 4 heterocycles. The molecular formula is C12H17N5OS. The van der Waals surface area contributed by atoms with Gasteiger partial charge >= 0.3 is 0 Å². The number of nitrogens with one attached hydrogen (secondary N) is 1. The summed E-state index contributed by atoms with van der Waals surface area (Å²) in [7, 11) is 0. The average molecular weight is 279 g/mol. The summed E-state index contributed by atoms with van der Waals surface area (Å²) in [5.74, 6) is 2.06. The van der Waals surface area contributed by atoms with Gasteiger partial charge in [0.25, 0.3) is 0 Å². The van der Waals surface area contributed by atoms with Crippen molar-refractivity contribution in [2.24, 2.45) is 5.92 Å². The maximum atomic E-state index is 5.43. The van der Waals surface area contributed by atoms with E-state index >= 15 is 0 Å². The van der Waals surface area contributed by atoms with E-state index in [-0.39, 0.29) is 0 Å². The molecular weight excluding hydrogens is 262 g/mol. The van der Waals surface area contributed by atoms with Gasteiger partial charge in [0.2, 0.25) is 4.96 Å². The molecule has 2 aliphatic rings. The van der Waals surface area contributed by atoms with Gasteiger partial charge in [0.05, 0.1) is 6.61 Å². The Hall–Kier alpha value is -1.05. The van der Waals surface area contributed by atoms with Crippen LogP contribution in [0.25, 0.3) is 4.96 Å². The molecule has 0 aliphatic carbocycles. The molecule has 7 heteroatoms. The van der Waals surface area contributed by atoms with E-state index in [2.05, 4.69) is 15.5 Å². The van der Waals surface area contributed by atoms with Gasteiger partial charge in [-0.15, -0.1) is 10.2 Å². The van der Waals surface area contributed by atoms with Crippen molar-refractivity contribution in [2.75, 3.05) is 26.3 Å². The van der Waals surface area contributed by atoms with E-state index in [1.54, 1.807) is 11.3 Å². The molecule has 2 aromatic rings. The summed E-state index contributed by atoms with van der Waals surface area (Å²) in [6.45, 7) is 3.83. The first kappa shape index (κ1) is 11.7. The number of aromatic nitrogens is 4. The molecule has 0 spiro atoms. The van der Waals surface area contributed by atoms with Crippen molar-refractivity contribution in [3.05, 3.63) is 10.8 Å². The minimum Gasteiger partial charge on any atom is -0.381 e. The van der Waals surface area contributed by atoms with E-state index in [0.717, 1.165) is 55.8 Å². The monoisotopic (exact) mass is 279 g/mol. The number of hydrogen-bond donors (Lipinski definition) is 1. The van der Waals surface area contributed by atoms with Crippen molar-refractivity contribution in [2.45, 2.75) is 25.2 Å². The summed E-state index contributed by atoms with van der Waals surface area (Å²) in [6, 6.07) is 0. The Bertz CT molecular complexity index is 568. The van der Waals surface area contributed by atoms with E-state index in [0.29, 0.717) is 5.92 Å². The lowest BCUT2D eigenvalue weighted by molar-refractivity contribution is 0.193. The summed E-state index contributed by atoms with van der Waals surface area (Å²) in [5.41, 5.74) is 0. The van der Waals surface area contributed by atoms with Gasteiger partial charge in [0.1, 0.15) is 5.01 Å². The zero-order valence-corrected chi connectivity index (χ0v) is 11.5. The van der Waals surface area contributed by atoms with Gasteiger partial charge in [0, 0.05) is 18.9 Å². The number of ether oxygens (including phenoxy) is 1. The predicted octanol–water partition coefficient (Wildman–Crippen LogP) is 0.842. The van der Waals surface area contributed by atoms with E-state index in [4.69, 9.17) is 9.84 Å². The van der Waals surface area contributed by atoms with Gasteiger partial charge in [-0.1, -0.05) is 11.3 Å². The summed E-state index contributed by atoms with van der Waals surface area (Å²) >= 11 is 1.67. The van der Waals surface area contributed by atoms with Gasteiger partial charge < -0.3 is 10.1 Å². The van der Waals surface area contributed by atoms with Gasteiger partial charge in [-0.3, -0.25) is 0 Å². The van der Waals surface area contributed by atoms with E-state index in [9.17, 15) is 0 Å². The third-order valence-electron chi connectivity index (χ3n) is 3.98. The van der Waals surface area contributed by atoms with Crippen LogP contribution >= 0.6 is 11.3 Å². The molecule has 2 atom stereocenters. The minimum absolute atomic E-state index is 0.359. The molecule has 2 aliphatic heterocycles. The minimum atomic E-state index is 0.359. The van der Waals surface area contributed by atoms with Crippen LogP contribution in [0.1, 0.15) is 29.6 Å². The Balaban J connectivity index is 1.60. The highest BCUT2D eigenvalue weighted by atomic mass is 32.1. The first-order chi connectivity index (χ1) is 9.40. The van der Waals surface area contributed by atoms with Crippen LogP contribution in [0, 0.1) is 5.92 Å². The Morgan fingerprint density at radius 1 is 1.37 bits per heavy atom. The van der Waals surface area contributed by atoms with Crippen molar-refractivity contribution in [1.29, 1.82) is 0 Å². The van der Waals surface area contributed by atoms with Crippen LogP contribution in [0.2, 0.25) is 0 Å². The average Bonchev–Trinajstić information content (AvgIpc) is 3.12. The number of fused-ring (bicyclic) bond motifs is 1. The van der Waals surface area contributed by atoms with Crippen LogP contribution in [0.3, 0.4) is 0 Å². The van der Waals surface area contributed by atoms with Gasteiger partial charge in [-0.2, -0.15) is 9.61 Å². The van der Waals surface area contributed by atoms with Gasteiger partial charge in [-0.05, 0) is 31.8 Å². The van der Waals surface area contributed by atoms with Crippen molar-refractivity contribution in [3.8, 4) is 0 Å². The fourth-order valence-corrected chi connectivity index (χ4v) is 3.84.